The molecule has 3 fully saturated rings. The number of benzene rings is 2. The van der Waals surface area contributed by atoms with Crippen molar-refractivity contribution >= 4 is 0 Å². The van der Waals surface area contributed by atoms with Crippen LogP contribution in [0.1, 0.15) is 38.8 Å². The van der Waals surface area contributed by atoms with Gasteiger partial charge in [0.25, 0.3) is 0 Å². The zero-order valence-corrected chi connectivity index (χ0v) is 20.4. The molecule has 5 rings (SSSR count). The summed E-state index contributed by atoms with van der Waals surface area (Å²) in [5.41, 5.74) is 2.12. The molecule has 0 radical (unpaired) electrons. The highest BCUT2D eigenvalue weighted by atomic mass is 16.8. The highest BCUT2D eigenvalue weighted by Gasteiger charge is 2.64. The van der Waals surface area contributed by atoms with Gasteiger partial charge in [-0.1, -0.05) is 42.5 Å². The third-order valence-electron chi connectivity index (χ3n) is 6.51. The maximum absolute atomic E-state index is 6.46. The molecule has 184 valence electrons. The van der Waals surface area contributed by atoms with Crippen molar-refractivity contribution in [2.45, 2.75) is 89.1 Å². The SMILES string of the molecule is COc1ccc(COC2[C@H]3OC(C)(C)O[C@@H]3C(OCc3ccccc3)[C@@H]3OC(C)(C)O[C@H]23)cc1. The van der Waals surface area contributed by atoms with Gasteiger partial charge in [0.1, 0.15) is 42.4 Å². The molecule has 2 aliphatic heterocycles. The molecule has 7 nitrogen and oxygen atoms in total. The van der Waals surface area contributed by atoms with Gasteiger partial charge in [-0.25, -0.2) is 0 Å². The molecule has 1 saturated carbocycles. The first-order chi connectivity index (χ1) is 16.2. The number of hydrogen-bond acceptors (Lipinski definition) is 7. The maximum atomic E-state index is 6.46. The Bertz CT molecular complexity index is 927. The maximum Gasteiger partial charge on any atom is 0.164 e. The van der Waals surface area contributed by atoms with E-state index in [4.69, 9.17) is 33.2 Å². The van der Waals surface area contributed by atoms with E-state index in [-0.39, 0.29) is 36.6 Å². The van der Waals surface area contributed by atoms with Gasteiger partial charge >= 0.3 is 0 Å². The second kappa shape index (κ2) is 9.22. The molecule has 0 N–H and O–H groups in total. The Morgan fingerprint density at radius 3 is 1.44 bits per heavy atom. The molecule has 2 unspecified atom stereocenters. The second-order valence-corrected chi connectivity index (χ2v) is 10.0. The predicted molar refractivity (Wildman–Crippen MR) is 124 cm³/mol. The van der Waals surface area contributed by atoms with E-state index in [9.17, 15) is 0 Å². The van der Waals surface area contributed by atoms with Crippen molar-refractivity contribution in [1.82, 2.24) is 0 Å². The molecule has 3 aliphatic rings. The summed E-state index contributed by atoms with van der Waals surface area (Å²) >= 11 is 0. The number of rotatable bonds is 7. The summed E-state index contributed by atoms with van der Waals surface area (Å²) in [6.07, 6.45) is -2.14. The van der Waals surface area contributed by atoms with Crippen molar-refractivity contribution in [2.24, 2.45) is 0 Å². The molecule has 7 heteroatoms. The normalized spacial score (nSPS) is 33.3. The summed E-state index contributed by atoms with van der Waals surface area (Å²) in [6, 6.07) is 17.9. The second-order valence-electron chi connectivity index (χ2n) is 10.0. The van der Waals surface area contributed by atoms with Crippen LogP contribution in [0.15, 0.2) is 54.6 Å². The third kappa shape index (κ3) is 4.87. The van der Waals surface area contributed by atoms with Crippen LogP contribution in [-0.4, -0.2) is 55.3 Å². The monoisotopic (exact) mass is 470 g/mol. The van der Waals surface area contributed by atoms with Gasteiger partial charge in [0.2, 0.25) is 0 Å². The lowest BCUT2D eigenvalue weighted by Gasteiger charge is -2.42. The van der Waals surface area contributed by atoms with E-state index in [0.717, 1.165) is 16.9 Å². The van der Waals surface area contributed by atoms with Crippen LogP contribution in [0.25, 0.3) is 0 Å². The Morgan fingerprint density at radius 2 is 1.03 bits per heavy atom. The molecule has 2 aromatic rings. The molecular weight excluding hydrogens is 436 g/mol. The minimum atomic E-state index is -0.764. The highest BCUT2D eigenvalue weighted by Crippen LogP contribution is 2.46. The van der Waals surface area contributed by atoms with E-state index < -0.39 is 11.6 Å². The molecule has 2 heterocycles. The summed E-state index contributed by atoms with van der Waals surface area (Å²) in [5, 5.41) is 0. The van der Waals surface area contributed by atoms with Gasteiger partial charge < -0.3 is 33.2 Å². The molecule has 6 atom stereocenters. The lowest BCUT2D eigenvalue weighted by Crippen LogP contribution is -2.62. The van der Waals surface area contributed by atoms with Gasteiger partial charge in [-0.3, -0.25) is 0 Å². The van der Waals surface area contributed by atoms with Crippen LogP contribution < -0.4 is 4.74 Å². The Morgan fingerprint density at radius 1 is 0.618 bits per heavy atom. The van der Waals surface area contributed by atoms with E-state index in [1.54, 1.807) is 7.11 Å². The van der Waals surface area contributed by atoms with Crippen molar-refractivity contribution in [3.8, 4) is 5.75 Å². The lowest BCUT2D eigenvalue weighted by atomic mass is 9.84. The molecule has 0 aromatic heterocycles. The Balaban J connectivity index is 1.39. The molecule has 0 spiro atoms. The number of methoxy groups -OCH3 is 1. The third-order valence-corrected chi connectivity index (χ3v) is 6.51. The van der Waals surface area contributed by atoms with Crippen LogP contribution in [0, 0.1) is 0 Å². The largest absolute Gasteiger partial charge is 0.497 e. The molecule has 34 heavy (non-hydrogen) atoms. The quantitative estimate of drug-likeness (QED) is 0.600. The minimum absolute atomic E-state index is 0.349. The molecule has 2 aromatic carbocycles. The van der Waals surface area contributed by atoms with Crippen LogP contribution in [0.2, 0.25) is 0 Å². The summed E-state index contributed by atoms with van der Waals surface area (Å²) < 4.78 is 43.6. The minimum Gasteiger partial charge on any atom is -0.497 e. The van der Waals surface area contributed by atoms with Crippen molar-refractivity contribution in [3.63, 3.8) is 0 Å². The van der Waals surface area contributed by atoms with E-state index in [0.29, 0.717) is 13.2 Å². The van der Waals surface area contributed by atoms with E-state index in [1.165, 1.54) is 0 Å². The summed E-state index contributed by atoms with van der Waals surface area (Å²) in [7, 11) is 1.66. The molecule has 2 saturated heterocycles. The average Bonchev–Trinajstić information content (AvgIpc) is 3.31. The fourth-order valence-corrected chi connectivity index (χ4v) is 5.08. The van der Waals surface area contributed by atoms with Gasteiger partial charge in [-0.15, -0.1) is 0 Å². The summed E-state index contributed by atoms with van der Waals surface area (Å²) in [6.45, 7) is 8.53. The lowest BCUT2D eigenvalue weighted by molar-refractivity contribution is -0.191. The van der Waals surface area contributed by atoms with Gasteiger partial charge in [-0.2, -0.15) is 0 Å². The van der Waals surface area contributed by atoms with Crippen LogP contribution in [0.4, 0.5) is 0 Å². The van der Waals surface area contributed by atoms with Crippen molar-refractivity contribution in [2.75, 3.05) is 7.11 Å². The molecular formula is C27H34O7. The van der Waals surface area contributed by atoms with Gasteiger partial charge in [0.05, 0.1) is 20.3 Å². The number of hydrogen-bond donors (Lipinski definition) is 0. The zero-order valence-electron chi connectivity index (χ0n) is 20.4. The first-order valence-electron chi connectivity index (χ1n) is 11.9. The smallest absolute Gasteiger partial charge is 0.164 e. The van der Waals surface area contributed by atoms with Crippen LogP contribution >= 0.6 is 0 Å². The Labute approximate surface area is 201 Å². The average molecular weight is 471 g/mol. The molecule has 0 amide bonds. The molecule has 0 bridgehead atoms. The summed E-state index contributed by atoms with van der Waals surface area (Å²) in [4.78, 5) is 0. The fraction of sp³-hybridized carbons (Fsp3) is 0.556. The fourth-order valence-electron chi connectivity index (χ4n) is 5.08. The standard InChI is InChI=1S/C27H34O7/c1-26(2)31-22-20(29-15-17-9-7-6-8-10-17)23-25(34-27(3,4)32-23)21(24(22)33-26)30-16-18-11-13-19(28-5)14-12-18/h6-14,20-25H,15-16H2,1-5H3/t20?,21?,22-,23+,24-,25-/m1/s1. The van der Waals surface area contributed by atoms with Gasteiger partial charge in [0, 0.05) is 0 Å². The number of fused-ring (bicyclic) bond motifs is 2. The first-order valence-corrected chi connectivity index (χ1v) is 11.9. The van der Waals surface area contributed by atoms with Crippen molar-refractivity contribution in [3.05, 3.63) is 65.7 Å². The van der Waals surface area contributed by atoms with Crippen LogP contribution in [0.3, 0.4) is 0 Å². The summed E-state index contributed by atoms with van der Waals surface area (Å²) in [5.74, 6) is -0.720. The first kappa shape index (κ1) is 23.7. The zero-order chi connectivity index (χ0) is 23.9. The van der Waals surface area contributed by atoms with E-state index in [2.05, 4.69) is 0 Å². The molecule has 1 aliphatic carbocycles. The van der Waals surface area contributed by atoms with E-state index in [1.807, 2.05) is 82.3 Å². The van der Waals surface area contributed by atoms with Crippen molar-refractivity contribution < 1.29 is 33.2 Å². The van der Waals surface area contributed by atoms with E-state index >= 15 is 0 Å². The number of ether oxygens (including phenoxy) is 7. The van der Waals surface area contributed by atoms with Gasteiger partial charge in [-0.05, 0) is 51.0 Å². The van der Waals surface area contributed by atoms with Crippen LogP contribution in [-0.2, 0) is 41.6 Å². The van der Waals surface area contributed by atoms with Crippen LogP contribution in [0.5, 0.6) is 5.75 Å². The predicted octanol–water partition coefficient (Wildman–Crippen LogP) is 4.22. The Hall–Kier alpha value is -2.00. The topological polar surface area (TPSA) is 64.6 Å². The van der Waals surface area contributed by atoms with Gasteiger partial charge in [0.15, 0.2) is 11.6 Å². The Kier molecular flexibility index (Phi) is 6.44. The highest BCUT2D eigenvalue weighted by molar-refractivity contribution is 5.26. The van der Waals surface area contributed by atoms with Crippen molar-refractivity contribution in [1.29, 1.82) is 0 Å².